The van der Waals surface area contributed by atoms with Gasteiger partial charge in [0.2, 0.25) is 0 Å². The van der Waals surface area contributed by atoms with E-state index in [1.807, 2.05) is 0 Å². The Labute approximate surface area is 372 Å². The van der Waals surface area contributed by atoms with Crippen LogP contribution >= 0.6 is 0 Å². The minimum Gasteiger partial charge on any atom is -0.492 e. The third-order valence-electron chi connectivity index (χ3n) is 12.1. The summed E-state index contributed by atoms with van der Waals surface area (Å²) in [5, 5.41) is 12.8. The lowest BCUT2D eigenvalue weighted by atomic mass is 9.89. The van der Waals surface area contributed by atoms with Gasteiger partial charge in [0.05, 0.1) is 134 Å². The molecule has 0 saturated carbocycles. The summed E-state index contributed by atoms with van der Waals surface area (Å²) in [5.74, 6) is 2.85. The quantitative estimate of drug-likeness (QED) is 0.157. The van der Waals surface area contributed by atoms with E-state index in [-0.39, 0.29) is 0 Å². The van der Waals surface area contributed by atoms with Crippen LogP contribution in [0.25, 0.3) is 64.6 Å². The number of ether oxygens (including phenoxy) is 12. The smallest absolute Gasteiger partial charge is 0.169 e. The third-order valence-corrected chi connectivity index (χ3v) is 12.1. The molecule has 0 aromatic heterocycles. The molecule has 0 radical (unpaired) electrons. The highest BCUT2D eigenvalue weighted by molar-refractivity contribution is 6.28. The van der Waals surface area contributed by atoms with Gasteiger partial charge in [-0.15, -0.1) is 0 Å². The zero-order valence-electron chi connectivity index (χ0n) is 37.1. The fourth-order valence-corrected chi connectivity index (χ4v) is 9.23. The fraction of sp³-hybridized carbons (Fsp3) is 0.385. The summed E-state index contributed by atoms with van der Waals surface area (Å²) >= 11 is 0. The van der Waals surface area contributed by atoms with Crippen LogP contribution in [0.2, 0.25) is 0 Å². The number of benzene rings is 8. The van der Waals surface area contributed by atoms with E-state index in [2.05, 4.69) is 72.8 Å². The predicted octanol–water partition coefficient (Wildman–Crippen LogP) is 9.36. The van der Waals surface area contributed by atoms with Gasteiger partial charge in [-0.3, -0.25) is 0 Å². The Kier molecular flexibility index (Phi) is 14.2. The average Bonchev–Trinajstić information content (AvgIpc) is 3.33. The zero-order chi connectivity index (χ0) is 43.8. The van der Waals surface area contributed by atoms with Crippen molar-refractivity contribution in [3.63, 3.8) is 0 Å². The van der Waals surface area contributed by atoms with E-state index in [9.17, 15) is 0 Å². The zero-order valence-corrected chi connectivity index (χ0v) is 37.1. The van der Waals surface area contributed by atoms with Crippen molar-refractivity contribution in [3.8, 4) is 23.0 Å². The molecule has 1 heterocycles. The lowest BCUT2D eigenvalue weighted by Gasteiger charge is -2.21. The maximum absolute atomic E-state index is 6.15. The first-order chi connectivity index (χ1) is 31.7. The summed E-state index contributed by atoms with van der Waals surface area (Å²) < 4.78 is 71.8. The van der Waals surface area contributed by atoms with Crippen LogP contribution in [-0.4, -0.2) is 108 Å². The number of methoxy groups -OCH3 is 4. The molecule has 64 heavy (non-hydrogen) atoms. The summed E-state index contributed by atoms with van der Waals surface area (Å²) in [6.45, 7) is 7.24. The molecule has 0 fully saturated rings. The van der Waals surface area contributed by atoms with Gasteiger partial charge in [-0.1, -0.05) is 72.8 Å². The minimum absolute atomic E-state index is 0.439. The molecule has 12 heteroatoms. The minimum atomic E-state index is 0.439. The van der Waals surface area contributed by atoms with Crippen LogP contribution in [0.4, 0.5) is 0 Å². The van der Waals surface area contributed by atoms with Gasteiger partial charge in [-0.05, 0) is 43.8 Å². The number of hydrogen-bond acceptors (Lipinski definition) is 12. The summed E-state index contributed by atoms with van der Waals surface area (Å²) in [6, 6.07) is 25.5. The highest BCUT2D eigenvalue weighted by Crippen LogP contribution is 2.50. The van der Waals surface area contributed by atoms with E-state index in [1.165, 1.54) is 0 Å². The normalized spacial score (nSPS) is 16.8. The summed E-state index contributed by atoms with van der Waals surface area (Å²) in [5.41, 5.74) is 4.34. The van der Waals surface area contributed by atoms with E-state index in [4.69, 9.17) is 56.8 Å². The van der Waals surface area contributed by atoms with Crippen molar-refractivity contribution in [2.45, 2.75) is 26.4 Å². The van der Waals surface area contributed by atoms with Crippen LogP contribution in [-0.2, 0) is 64.3 Å². The molecule has 9 rings (SSSR count). The van der Waals surface area contributed by atoms with Crippen molar-refractivity contribution >= 4 is 64.6 Å². The number of fused-ring (bicyclic) bond motifs is 2. The Bertz CT molecular complexity index is 2440. The molecule has 0 aliphatic carbocycles. The molecule has 0 saturated heterocycles. The molecule has 0 amide bonds. The van der Waals surface area contributed by atoms with Gasteiger partial charge in [0.25, 0.3) is 0 Å². The van der Waals surface area contributed by atoms with Crippen LogP contribution in [0.3, 0.4) is 0 Å². The Morgan fingerprint density at radius 2 is 0.438 bits per heavy atom. The molecule has 336 valence electrons. The molecule has 1 aliphatic heterocycles. The Balaban J connectivity index is 0.892. The maximum Gasteiger partial charge on any atom is 0.169 e. The van der Waals surface area contributed by atoms with Crippen molar-refractivity contribution in [1.29, 1.82) is 0 Å². The van der Waals surface area contributed by atoms with Crippen molar-refractivity contribution in [3.05, 3.63) is 95.1 Å². The second kappa shape index (κ2) is 20.7. The van der Waals surface area contributed by atoms with Gasteiger partial charge in [0.1, 0.15) is 0 Å². The van der Waals surface area contributed by atoms with Gasteiger partial charge >= 0.3 is 0 Å². The monoisotopic (exact) mass is 872 g/mol. The topological polar surface area (TPSA) is 111 Å². The van der Waals surface area contributed by atoms with E-state index < -0.39 is 0 Å². The number of hydrogen-bond donors (Lipinski definition) is 0. The summed E-state index contributed by atoms with van der Waals surface area (Å²) in [4.78, 5) is 0. The molecule has 1 aliphatic rings. The predicted molar refractivity (Wildman–Crippen MR) is 248 cm³/mol. The highest BCUT2D eigenvalue weighted by atomic mass is 16.6. The lowest BCUT2D eigenvalue weighted by Crippen LogP contribution is -2.12. The molecule has 8 aromatic rings. The Hall–Kier alpha value is -5.28. The van der Waals surface area contributed by atoms with Crippen molar-refractivity contribution < 1.29 is 56.8 Å². The standard InChI is InChI=1S/C52H56O12/c1-53-49-41-9-5-33-29-61-25-21-57-17-18-59-23-27-63-31-35-7-11-43-47-39(35)15-16-40-36(8-12-44(48(40)47)52(56-4)51(43)55-3)32-64-28-24-60-20-19-58-22-26-62-30-34-6-10-42(50(49)54-2)46-38(34)14-13-37(33)45(41)46/h5-16H,17-32H2,1-4H3. The molecule has 4 bridgehead atoms. The maximum atomic E-state index is 6.15. The molecule has 0 N–H and O–H groups in total. The van der Waals surface area contributed by atoms with E-state index in [0.29, 0.717) is 129 Å². The largest absolute Gasteiger partial charge is 0.492 e. The van der Waals surface area contributed by atoms with Crippen molar-refractivity contribution in [2.75, 3.05) is 108 Å². The first-order valence-corrected chi connectivity index (χ1v) is 21.9. The molecule has 8 aromatic carbocycles. The van der Waals surface area contributed by atoms with Gasteiger partial charge in [-0.2, -0.15) is 0 Å². The van der Waals surface area contributed by atoms with Gasteiger partial charge in [-0.25, -0.2) is 0 Å². The van der Waals surface area contributed by atoms with E-state index >= 15 is 0 Å². The molecular formula is C52H56O12. The first-order valence-electron chi connectivity index (χ1n) is 21.9. The van der Waals surface area contributed by atoms with Crippen molar-refractivity contribution in [1.82, 2.24) is 0 Å². The number of rotatable bonds is 4. The second-order valence-electron chi connectivity index (χ2n) is 15.7. The average molecular weight is 873 g/mol. The van der Waals surface area contributed by atoms with Crippen LogP contribution in [0.5, 0.6) is 23.0 Å². The van der Waals surface area contributed by atoms with Crippen LogP contribution in [0.15, 0.2) is 72.8 Å². The van der Waals surface area contributed by atoms with Crippen LogP contribution < -0.4 is 18.9 Å². The summed E-state index contributed by atoms with van der Waals surface area (Å²) in [7, 11) is 6.74. The van der Waals surface area contributed by atoms with E-state index in [1.54, 1.807) is 28.4 Å². The second-order valence-corrected chi connectivity index (χ2v) is 15.7. The van der Waals surface area contributed by atoms with Gasteiger partial charge < -0.3 is 56.8 Å². The van der Waals surface area contributed by atoms with E-state index in [0.717, 1.165) is 86.9 Å². The lowest BCUT2D eigenvalue weighted by molar-refractivity contribution is -0.00600. The molecule has 12 nitrogen and oxygen atoms in total. The van der Waals surface area contributed by atoms with Gasteiger partial charge in [0, 0.05) is 43.1 Å². The Morgan fingerprint density at radius 3 is 0.641 bits per heavy atom. The summed E-state index contributed by atoms with van der Waals surface area (Å²) in [6.07, 6.45) is 0. The third kappa shape index (κ3) is 8.65. The molecule has 0 atom stereocenters. The molecular weight excluding hydrogens is 817 g/mol. The molecule has 0 spiro atoms. The van der Waals surface area contributed by atoms with Gasteiger partial charge in [0.15, 0.2) is 23.0 Å². The highest BCUT2D eigenvalue weighted by Gasteiger charge is 2.24. The fourth-order valence-electron chi connectivity index (χ4n) is 9.23. The van der Waals surface area contributed by atoms with Crippen LogP contribution in [0, 0.1) is 0 Å². The SMILES string of the molecule is COc1c(OC)c2ccc3c4ccc5c(ccc1c5c42)COCCOCCOCCOCc1ccc2c(OC)c(OC)c4ccc(c5ccc1c2c54)COCCOCCOCCOC3. The molecule has 0 unspecified atom stereocenters. The Morgan fingerprint density at radius 1 is 0.250 bits per heavy atom. The van der Waals surface area contributed by atoms with Crippen molar-refractivity contribution in [2.24, 2.45) is 0 Å². The van der Waals surface area contributed by atoms with Crippen LogP contribution in [0.1, 0.15) is 22.3 Å². The first kappa shape index (κ1) is 43.9.